The van der Waals surface area contributed by atoms with E-state index in [1.54, 1.807) is 6.26 Å². The highest BCUT2D eigenvalue weighted by molar-refractivity contribution is 5.73. The molecule has 0 aromatic carbocycles. The van der Waals surface area contributed by atoms with E-state index in [2.05, 4.69) is 5.32 Å². The van der Waals surface area contributed by atoms with E-state index < -0.39 is 0 Å². The molecule has 19 heavy (non-hydrogen) atoms. The molecular weight excluding hydrogens is 242 g/mol. The lowest BCUT2D eigenvalue weighted by Gasteiger charge is -2.31. The molecule has 4 unspecified atom stereocenters. The van der Waals surface area contributed by atoms with E-state index in [-0.39, 0.29) is 17.9 Å². The van der Waals surface area contributed by atoms with Gasteiger partial charge in [-0.05, 0) is 44.2 Å². The number of furan rings is 1. The molecule has 104 valence electrons. The molecule has 4 nitrogen and oxygen atoms in total. The third-order valence-electron chi connectivity index (χ3n) is 4.46. The van der Waals surface area contributed by atoms with Crippen molar-refractivity contribution in [2.45, 2.75) is 44.7 Å². The average molecular weight is 263 g/mol. The summed E-state index contributed by atoms with van der Waals surface area (Å²) in [7, 11) is 0. The van der Waals surface area contributed by atoms with Crippen LogP contribution in [0.4, 0.5) is 0 Å². The van der Waals surface area contributed by atoms with Gasteiger partial charge in [0.2, 0.25) is 0 Å². The van der Waals surface area contributed by atoms with Gasteiger partial charge in [0.25, 0.3) is 0 Å². The molecule has 2 heterocycles. The lowest BCUT2D eigenvalue weighted by atomic mass is 9.76. The molecule has 2 aliphatic rings. The number of esters is 1. The average Bonchev–Trinajstić information content (AvgIpc) is 3.06. The third-order valence-corrected chi connectivity index (χ3v) is 4.46. The molecule has 0 bridgehead atoms. The summed E-state index contributed by atoms with van der Waals surface area (Å²) in [6.07, 6.45) is 5.90. The molecule has 0 radical (unpaired) electrons. The summed E-state index contributed by atoms with van der Waals surface area (Å²) >= 11 is 0. The van der Waals surface area contributed by atoms with Crippen LogP contribution in [0.25, 0.3) is 0 Å². The predicted octanol–water partition coefficient (Wildman–Crippen LogP) is 2.66. The maximum absolute atomic E-state index is 12.1. The quantitative estimate of drug-likeness (QED) is 0.852. The van der Waals surface area contributed by atoms with Crippen LogP contribution in [0, 0.1) is 11.8 Å². The minimum absolute atomic E-state index is 0.0147. The molecule has 0 spiro atoms. The first kappa shape index (κ1) is 12.7. The van der Waals surface area contributed by atoms with Crippen molar-refractivity contribution in [3.8, 4) is 0 Å². The molecule has 0 amide bonds. The van der Waals surface area contributed by atoms with Crippen molar-refractivity contribution in [2.24, 2.45) is 11.8 Å². The zero-order chi connectivity index (χ0) is 13.2. The molecule has 1 saturated heterocycles. The number of fused-ring (bicyclic) bond motifs is 1. The monoisotopic (exact) mass is 263 g/mol. The molecule has 4 heteroatoms. The van der Waals surface area contributed by atoms with Crippen LogP contribution >= 0.6 is 0 Å². The predicted molar refractivity (Wildman–Crippen MR) is 70.5 cm³/mol. The summed E-state index contributed by atoms with van der Waals surface area (Å²) in [6.45, 7) is 2.35. The smallest absolute Gasteiger partial charge is 0.309 e. The van der Waals surface area contributed by atoms with E-state index in [0.29, 0.717) is 18.6 Å². The van der Waals surface area contributed by atoms with E-state index in [0.717, 1.165) is 31.4 Å². The normalized spacial score (nSPS) is 33.9. The van der Waals surface area contributed by atoms with Crippen LogP contribution in [0.5, 0.6) is 0 Å². The molecule has 1 aliphatic carbocycles. The van der Waals surface area contributed by atoms with Gasteiger partial charge in [0.05, 0.1) is 24.8 Å². The van der Waals surface area contributed by atoms with E-state index in [1.165, 1.54) is 0 Å². The molecule has 1 aromatic rings. The summed E-state index contributed by atoms with van der Waals surface area (Å²) in [5.74, 6) is 1.42. The fourth-order valence-electron chi connectivity index (χ4n) is 3.63. The first-order valence-electron chi connectivity index (χ1n) is 7.25. The van der Waals surface area contributed by atoms with Gasteiger partial charge in [0, 0.05) is 6.04 Å². The number of hydrogen-bond acceptors (Lipinski definition) is 4. The second-order valence-corrected chi connectivity index (χ2v) is 5.53. The minimum Gasteiger partial charge on any atom is -0.468 e. The van der Waals surface area contributed by atoms with Crippen LogP contribution in [-0.4, -0.2) is 18.6 Å². The Balaban J connectivity index is 1.72. The Labute approximate surface area is 113 Å². The summed E-state index contributed by atoms with van der Waals surface area (Å²) in [6, 6.07) is 4.61. The fourth-order valence-corrected chi connectivity index (χ4v) is 3.63. The number of carbonyl (C=O) groups is 1. The molecule has 3 rings (SSSR count). The van der Waals surface area contributed by atoms with E-state index in [4.69, 9.17) is 9.15 Å². The highest BCUT2D eigenvalue weighted by atomic mass is 16.5. The summed E-state index contributed by atoms with van der Waals surface area (Å²) in [4.78, 5) is 12.1. The Hall–Kier alpha value is -1.29. The van der Waals surface area contributed by atoms with E-state index in [1.807, 2.05) is 19.1 Å². The molecule has 1 saturated carbocycles. The summed E-state index contributed by atoms with van der Waals surface area (Å²) < 4.78 is 10.7. The Morgan fingerprint density at radius 1 is 1.53 bits per heavy atom. The van der Waals surface area contributed by atoms with Crippen LogP contribution in [-0.2, 0) is 9.53 Å². The number of nitrogens with one attached hydrogen (secondary N) is 1. The van der Waals surface area contributed by atoms with Crippen LogP contribution in [0.15, 0.2) is 22.8 Å². The number of ether oxygens (including phenoxy) is 1. The standard InChI is InChI=1S/C15H21NO3/c1-2-18-15(17)10-5-3-6-12-11(10)9-13(16-12)14-7-4-8-19-14/h4,7-8,10-13,16H,2-3,5-6,9H2,1H3. The lowest BCUT2D eigenvalue weighted by molar-refractivity contribution is -0.151. The fraction of sp³-hybridized carbons (Fsp3) is 0.667. The highest BCUT2D eigenvalue weighted by Crippen LogP contribution is 2.42. The highest BCUT2D eigenvalue weighted by Gasteiger charge is 2.45. The largest absolute Gasteiger partial charge is 0.468 e. The molecule has 1 N–H and O–H groups in total. The maximum atomic E-state index is 12.1. The first-order valence-corrected chi connectivity index (χ1v) is 7.25. The van der Waals surface area contributed by atoms with Gasteiger partial charge in [-0.15, -0.1) is 0 Å². The van der Waals surface area contributed by atoms with Crippen molar-refractivity contribution in [3.05, 3.63) is 24.2 Å². The van der Waals surface area contributed by atoms with Gasteiger partial charge in [-0.1, -0.05) is 6.42 Å². The number of hydrogen-bond donors (Lipinski definition) is 1. The van der Waals surface area contributed by atoms with Gasteiger partial charge in [-0.25, -0.2) is 0 Å². The van der Waals surface area contributed by atoms with Gasteiger partial charge in [0.1, 0.15) is 5.76 Å². The zero-order valence-corrected chi connectivity index (χ0v) is 11.3. The van der Waals surface area contributed by atoms with E-state index in [9.17, 15) is 4.79 Å². The van der Waals surface area contributed by atoms with Crippen molar-refractivity contribution >= 4 is 5.97 Å². The van der Waals surface area contributed by atoms with Crippen LogP contribution in [0.1, 0.15) is 44.4 Å². The van der Waals surface area contributed by atoms with Gasteiger partial charge in [0.15, 0.2) is 0 Å². The van der Waals surface area contributed by atoms with Crippen molar-refractivity contribution in [1.29, 1.82) is 0 Å². The Morgan fingerprint density at radius 3 is 3.16 bits per heavy atom. The second-order valence-electron chi connectivity index (χ2n) is 5.53. The molecule has 4 atom stereocenters. The SMILES string of the molecule is CCOC(=O)C1CCCC2NC(c3ccco3)CC21. The summed E-state index contributed by atoms with van der Waals surface area (Å²) in [5, 5.41) is 3.62. The van der Waals surface area contributed by atoms with Crippen molar-refractivity contribution in [1.82, 2.24) is 5.32 Å². The van der Waals surface area contributed by atoms with Crippen molar-refractivity contribution in [2.75, 3.05) is 6.61 Å². The van der Waals surface area contributed by atoms with Crippen LogP contribution < -0.4 is 5.32 Å². The molecule has 1 aromatic heterocycles. The van der Waals surface area contributed by atoms with Gasteiger partial charge < -0.3 is 14.5 Å². The third kappa shape index (κ3) is 2.41. The Bertz CT molecular complexity index is 429. The molecular formula is C15H21NO3. The van der Waals surface area contributed by atoms with E-state index >= 15 is 0 Å². The van der Waals surface area contributed by atoms with Crippen molar-refractivity contribution in [3.63, 3.8) is 0 Å². The first-order chi connectivity index (χ1) is 9.29. The van der Waals surface area contributed by atoms with Gasteiger partial charge >= 0.3 is 5.97 Å². The number of carbonyl (C=O) groups excluding carboxylic acids is 1. The van der Waals surface area contributed by atoms with Crippen LogP contribution in [0.3, 0.4) is 0 Å². The van der Waals surface area contributed by atoms with Crippen LogP contribution in [0.2, 0.25) is 0 Å². The molecule has 2 fully saturated rings. The summed E-state index contributed by atoms with van der Waals surface area (Å²) in [5.41, 5.74) is 0. The maximum Gasteiger partial charge on any atom is 0.309 e. The number of rotatable bonds is 3. The second kappa shape index (κ2) is 5.37. The minimum atomic E-state index is -0.0147. The van der Waals surface area contributed by atoms with Gasteiger partial charge in [-0.2, -0.15) is 0 Å². The van der Waals surface area contributed by atoms with Crippen molar-refractivity contribution < 1.29 is 13.9 Å². The Kier molecular flexibility index (Phi) is 3.60. The van der Waals surface area contributed by atoms with Gasteiger partial charge in [-0.3, -0.25) is 4.79 Å². The Morgan fingerprint density at radius 2 is 2.42 bits per heavy atom. The molecule has 1 aliphatic heterocycles. The lowest BCUT2D eigenvalue weighted by Crippen LogP contribution is -2.39. The topological polar surface area (TPSA) is 51.5 Å². The zero-order valence-electron chi connectivity index (χ0n) is 11.3.